The number of carbonyl (C=O) groups is 2. The summed E-state index contributed by atoms with van der Waals surface area (Å²) >= 11 is 1.36. The first-order chi connectivity index (χ1) is 14.5. The van der Waals surface area contributed by atoms with Gasteiger partial charge in [0.2, 0.25) is 0 Å². The summed E-state index contributed by atoms with van der Waals surface area (Å²) in [6, 6.07) is 9.08. The van der Waals surface area contributed by atoms with Crippen molar-refractivity contribution in [3.05, 3.63) is 69.7 Å². The second-order valence-electron chi connectivity index (χ2n) is 7.32. The van der Waals surface area contributed by atoms with Gasteiger partial charge in [0.1, 0.15) is 4.88 Å². The molecule has 1 aliphatic heterocycles. The molecular weight excluding hydrogens is 398 g/mol. The minimum Gasteiger partial charge on any atom is -0.328 e. The van der Waals surface area contributed by atoms with Crippen molar-refractivity contribution in [2.45, 2.75) is 39.2 Å². The minimum atomic E-state index is -0.248. The molecule has 0 unspecified atom stereocenters. The third kappa shape index (κ3) is 4.09. The molecule has 1 aromatic carbocycles. The highest BCUT2D eigenvalue weighted by Crippen LogP contribution is 2.31. The lowest BCUT2D eigenvalue weighted by molar-refractivity contribution is 0.0603. The van der Waals surface area contributed by atoms with E-state index in [-0.39, 0.29) is 17.9 Å². The molecule has 0 spiro atoms. The van der Waals surface area contributed by atoms with Gasteiger partial charge in [-0.15, -0.1) is 11.3 Å². The van der Waals surface area contributed by atoms with E-state index >= 15 is 0 Å². The van der Waals surface area contributed by atoms with Gasteiger partial charge in [-0.25, -0.2) is 15.0 Å². The number of rotatable bonds is 4. The number of aryl methyl sites for hydroxylation is 2. The molecule has 7 nitrogen and oxygen atoms in total. The quantitative estimate of drug-likeness (QED) is 0.683. The lowest BCUT2D eigenvalue weighted by Crippen LogP contribution is -2.39. The molecule has 8 heteroatoms. The molecule has 1 N–H and O–H groups in total. The summed E-state index contributed by atoms with van der Waals surface area (Å²) in [6.45, 7) is 4.32. The molecule has 154 valence electrons. The van der Waals surface area contributed by atoms with Gasteiger partial charge in [-0.3, -0.25) is 9.59 Å². The summed E-state index contributed by atoms with van der Waals surface area (Å²) < 4.78 is 0. The fraction of sp³-hybridized carbons (Fsp3) is 0.318. The standard InChI is InChI=1S/C22H23N5O2S/c1-14-17(21(28)26-16-8-4-3-5-9-16)12-23-20(25-14)18-10-6-7-11-27(18)22(29)19-15(2)24-13-30-19/h3-5,8-9,12-13,18H,6-7,10-11H2,1-2H3,(H,26,28)/t18-/m1/s1. The van der Waals surface area contributed by atoms with Crippen LogP contribution in [0.2, 0.25) is 0 Å². The molecule has 0 bridgehead atoms. The summed E-state index contributed by atoms with van der Waals surface area (Å²) in [6.07, 6.45) is 4.33. The molecule has 4 rings (SSSR count). The lowest BCUT2D eigenvalue weighted by Gasteiger charge is -2.34. The molecule has 1 atom stereocenters. The molecular formula is C22H23N5O2S. The number of nitrogens with zero attached hydrogens (tertiary/aromatic N) is 4. The van der Waals surface area contributed by atoms with E-state index in [1.165, 1.54) is 11.3 Å². The van der Waals surface area contributed by atoms with Gasteiger partial charge >= 0.3 is 0 Å². The minimum absolute atomic E-state index is 0.0214. The van der Waals surface area contributed by atoms with Crippen LogP contribution in [0.15, 0.2) is 42.0 Å². The molecule has 0 saturated carbocycles. The van der Waals surface area contributed by atoms with Crippen molar-refractivity contribution in [3.63, 3.8) is 0 Å². The predicted molar refractivity (Wildman–Crippen MR) is 116 cm³/mol. The summed E-state index contributed by atoms with van der Waals surface area (Å²) in [5, 5.41) is 2.86. The maximum absolute atomic E-state index is 13.1. The van der Waals surface area contributed by atoms with Crippen molar-refractivity contribution in [3.8, 4) is 0 Å². The van der Waals surface area contributed by atoms with Gasteiger partial charge in [0.15, 0.2) is 5.82 Å². The van der Waals surface area contributed by atoms with Crippen LogP contribution in [0, 0.1) is 13.8 Å². The molecule has 0 aliphatic carbocycles. The van der Waals surface area contributed by atoms with E-state index in [2.05, 4.69) is 20.3 Å². The maximum atomic E-state index is 13.1. The number of hydrogen-bond acceptors (Lipinski definition) is 6. The first-order valence-electron chi connectivity index (χ1n) is 9.95. The van der Waals surface area contributed by atoms with Crippen LogP contribution in [0.5, 0.6) is 0 Å². The summed E-state index contributed by atoms with van der Waals surface area (Å²) in [5.41, 5.74) is 4.19. The molecule has 3 aromatic rings. The first-order valence-corrected chi connectivity index (χ1v) is 10.8. The van der Waals surface area contributed by atoms with Gasteiger partial charge in [0, 0.05) is 18.4 Å². The number of para-hydroxylation sites is 1. The van der Waals surface area contributed by atoms with E-state index in [1.807, 2.05) is 42.2 Å². The Hall–Kier alpha value is -3.13. The Morgan fingerprint density at radius 1 is 1.10 bits per heavy atom. The highest BCUT2D eigenvalue weighted by molar-refractivity contribution is 7.11. The Morgan fingerprint density at radius 2 is 1.90 bits per heavy atom. The van der Waals surface area contributed by atoms with Crippen molar-refractivity contribution in [2.24, 2.45) is 0 Å². The molecule has 2 aromatic heterocycles. The van der Waals surface area contributed by atoms with Crippen LogP contribution in [0.3, 0.4) is 0 Å². The number of hydrogen-bond donors (Lipinski definition) is 1. The second kappa shape index (κ2) is 8.71. The molecule has 1 fully saturated rings. The van der Waals surface area contributed by atoms with Gasteiger partial charge in [-0.1, -0.05) is 18.2 Å². The Labute approximate surface area is 179 Å². The highest BCUT2D eigenvalue weighted by atomic mass is 32.1. The summed E-state index contributed by atoms with van der Waals surface area (Å²) in [7, 11) is 0. The van der Waals surface area contributed by atoms with Gasteiger partial charge in [0.25, 0.3) is 11.8 Å². The number of anilines is 1. The molecule has 1 aliphatic rings. The van der Waals surface area contributed by atoms with Gasteiger partial charge in [0.05, 0.1) is 28.5 Å². The second-order valence-corrected chi connectivity index (χ2v) is 8.18. The third-order valence-corrected chi connectivity index (χ3v) is 6.19. The number of piperidine rings is 1. The van der Waals surface area contributed by atoms with E-state index in [0.29, 0.717) is 28.5 Å². The maximum Gasteiger partial charge on any atom is 0.266 e. The zero-order valence-corrected chi connectivity index (χ0v) is 17.8. The van der Waals surface area contributed by atoms with Crippen LogP contribution < -0.4 is 5.32 Å². The predicted octanol–water partition coefficient (Wildman–Crippen LogP) is 4.17. The van der Waals surface area contributed by atoms with E-state index in [1.54, 1.807) is 18.6 Å². The van der Waals surface area contributed by atoms with Crippen LogP contribution in [0.4, 0.5) is 5.69 Å². The summed E-state index contributed by atoms with van der Waals surface area (Å²) in [5.74, 6) is 0.313. The third-order valence-electron chi connectivity index (χ3n) is 5.28. The smallest absolute Gasteiger partial charge is 0.266 e. The van der Waals surface area contributed by atoms with Crippen molar-refractivity contribution in [1.82, 2.24) is 19.9 Å². The zero-order valence-electron chi connectivity index (χ0n) is 17.0. The van der Waals surface area contributed by atoms with Gasteiger partial charge in [-0.05, 0) is 45.2 Å². The normalized spacial score (nSPS) is 16.3. The topological polar surface area (TPSA) is 88.1 Å². The Balaban J connectivity index is 1.57. The van der Waals surface area contributed by atoms with Crippen molar-refractivity contribution >= 4 is 28.8 Å². The van der Waals surface area contributed by atoms with Crippen molar-refractivity contribution in [2.75, 3.05) is 11.9 Å². The first kappa shape index (κ1) is 20.2. The van der Waals surface area contributed by atoms with E-state index in [4.69, 9.17) is 0 Å². The fourth-order valence-corrected chi connectivity index (χ4v) is 4.43. The number of nitrogens with one attached hydrogen (secondary N) is 1. The van der Waals surface area contributed by atoms with Crippen LogP contribution in [-0.4, -0.2) is 38.2 Å². The molecule has 3 heterocycles. The van der Waals surface area contributed by atoms with Crippen LogP contribution in [0.1, 0.15) is 62.5 Å². The van der Waals surface area contributed by atoms with Crippen LogP contribution in [0.25, 0.3) is 0 Å². The number of benzene rings is 1. The highest BCUT2D eigenvalue weighted by Gasteiger charge is 2.32. The van der Waals surface area contributed by atoms with Crippen molar-refractivity contribution in [1.29, 1.82) is 0 Å². The van der Waals surface area contributed by atoms with E-state index in [9.17, 15) is 9.59 Å². The molecule has 30 heavy (non-hydrogen) atoms. The zero-order chi connectivity index (χ0) is 21.1. The fourth-order valence-electron chi connectivity index (χ4n) is 3.67. The summed E-state index contributed by atoms with van der Waals surface area (Å²) in [4.78, 5) is 41.6. The number of likely N-dealkylation sites (tertiary alicyclic amines) is 1. The average Bonchev–Trinajstić information content (AvgIpc) is 3.19. The number of aromatic nitrogens is 3. The van der Waals surface area contributed by atoms with Gasteiger partial charge in [-0.2, -0.15) is 0 Å². The average molecular weight is 422 g/mol. The van der Waals surface area contributed by atoms with Gasteiger partial charge < -0.3 is 10.2 Å². The SMILES string of the molecule is Cc1nc([C@H]2CCCCN2C(=O)c2scnc2C)ncc1C(=O)Nc1ccccc1. The lowest BCUT2D eigenvalue weighted by atomic mass is 10.0. The number of carbonyl (C=O) groups excluding carboxylic acids is 2. The molecule has 1 saturated heterocycles. The Morgan fingerprint density at radius 3 is 2.60 bits per heavy atom. The number of thiazole rings is 1. The van der Waals surface area contributed by atoms with E-state index in [0.717, 1.165) is 30.6 Å². The molecule has 0 radical (unpaired) electrons. The molecule has 2 amide bonds. The largest absolute Gasteiger partial charge is 0.328 e. The van der Waals surface area contributed by atoms with E-state index < -0.39 is 0 Å². The number of amides is 2. The van der Waals surface area contributed by atoms with Crippen molar-refractivity contribution < 1.29 is 9.59 Å². The Kier molecular flexibility index (Phi) is 5.85. The van der Waals surface area contributed by atoms with Crippen LogP contribution in [-0.2, 0) is 0 Å². The van der Waals surface area contributed by atoms with Crippen LogP contribution >= 0.6 is 11.3 Å². The Bertz CT molecular complexity index is 1070. The monoisotopic (exact) mass is 421 g/mol.